The first-order chi connectivity index (χ1) is 15.4. The van der Waals surface area contributed by atoms with Gasteiger partial charge in [0.25, 0.3) is 0 Å². The fourth-order valence-corrected chi connectivity index (χ4v) is 4.07. The Morgan fingerprint density at radius 2 is 1.26 bits per heavy atom. The van der Waals surface area contributed by atoms with Crippen LogP contribution in [0.2, 0.25) is 0 Å². The molecule has 0 spiro atoms. The first-order valence-electron chi connectivity index (χ1n) is 10.5. The van der Waals surface area contributed by atoms with Gasteiger partial charge in [0.05, 0.1) is 17.6 Å². The molecule has 0 aliphatic heterocycles. The van der Waals surface area contributed by atoms with Crippen LogP contribution in [0.1, 0.15) is 28.3 Å². The van der Waals surface area contributed by atoms with Crippen molar-refractivity contribution < 1.29 is 0 Å². The second-order valence-electron chi connectivity index (χ2n) is 7.49. The first-order valence-corrected chi connectivity index (χ1v) is 10.5. The van der Waals surface area contributed by atoms with Gasteiger partial charge >= 0.3 is 0 Å². The Labute approximate surface area is 182 Å². The Morgan fingerprint density at radius 1 is 0.613 bits per heavy atom. The Kier molecular flexibility index (Phi) is 5.36. The SMILES string of the molecule is C(=Nc1c(C(c2ccccc2)c2ccccc2)ccc2ccccc12)c1ccccn1. The van der Waals surface area contributed by atoms with Crippen LogP contribution in [0.3, 0.4) is 0 Å². The molecule has 31 heavy (non-hydrogen) atoms. The van der Waals surface area contributed by atoms with E-state index in [-0.39, 0.29) is 5.92 Å². The van der Waals surface area contributed by atoms with Crippen LogP contribution < -0.4 is 0 Å². The molecule has 0 saturated carbocycles. The highest BCUT2D eigenvalue weighted by Gasteiger charge is 2.21. The van der Waals surface area contributed by atoms with Crippen LogP contribution >= 0.6 is 0 Å². The monoisotopic (exact) mass is 398 g/mol. The van der Waals surface area contributed by atoms with Crippen molar-refractivity contribution in [1.82, 2.24) is 4.98 Å². The lowest BCUT2D eigenvalue weighted by Crippen LogP contribution is -2.04. The molecular weight excluding hydrogens is 376 g/mol. The number of aromatic nitrogens is 1. The molecule has 5 rings (SSSR count). The zero-order valence-corrected chi connectivity index (χ0v) is 17.1. The maximum atomic E-state index is 4.99. The molecule has 0 bridgehead atoms. The third-order valence-corrected chi connectivity index (χ3v) is 5.52. The quantitative estimate of drug-likeness (QED) is 0.228. The molecule has 0 radical (unpaired) electrons. The lowest BCUT2D eigenvalue weighted by molar-refractivity contribution is 0.979. The highest BCUT2D eigenvalue weighted by Crippen LogP contribution is 2.41. The predicted octanol–water partition coefficient (Wildman–Crippen LogP) is 7.17. The fourth-order valence-electron chi connectivity index (χ4n) is 4.07. The third kappa shape index (κ3) is 4.01. The molecule has 1 aromatic heterocycles. The molecule has 0 fully saturated rings. The normalized spacial score (nSPS) is 11.4. The number of pyridine rings is 1. The first kappa shape index (κ1) is 19.0. The maximum Gasteiger partial charge on any atom is 0.0812 e. The summed E-state index contributed by atoms with van der Waals surface area (Å²) in [5.74, 6) is 0.0860. The van der Waals surface area contributed by atoms with Gasteiger partial charge in [0, 0.05) is 17.5 Å². The van der Waals surface area contributed by atoms with Gasteiger partial charge in [-0.05, 0) is 34.2 Å². The molecule has 1 heterocycles. The molecule has 4 aromatic carbocycles. The van der Waals surface area contributed by atoms with Crippen molar-refractivity contribution in [1.29, 1.82) is 0 Å². The zero-order valence-electron chi connectivity index (χ0n) is 17.1. The van der Waals surface area contributed by atoms with Crippen LogP contribution in [0.15, 0.2) is 126 Å². The van der Waals surface area contributed by atoms with E-state index in [2.05, 4.69) is 102 Å². The summed E-state index contributed by atoms with van der Waals surface area (Å²) < 4.78 is 0. The molecule has 5 aromatic rings. The van der Waals surface area contributed by atoms with Gasteiger partial charge in [-0.3, -0.25) is 9.98 Å². The van der Waals surface area contributed by atoms with E-state index in [0.717, 1.165) is 16.8 Å². The van der Waals surface area contributed by atoms with E-state index in [0.29, 0.717) is 0 Å². The summed E-state index contributed by atoms with van der Waals surface area (Å²) in [6.07, 6.45) is 3.65. The van der Waals surface area contributed by atoms with Gasteiger partial charge in [0.2, 0.25) is 0 Å². The molecule has 0 N–H and O–H groups in total. The van der Waals surface area contributed by atoms with Crippen LogP contribution in [0.25, 0.3) is 10.8 Å². The summed E-state index contributed by atoms with van der Waals surface area (Å²) >= 11 is 0. The largest absolute Gasteiger partial charge is 0.255 e. The van der Waals surface area contributed by atoms with Gasteiger partial charge in [0.1, 0.15) is 0 Å². The molecule has 148 valence electrons. The minimum atomic E-state index is 0.0860. The molecule has 0 atom stereocenters. The van der Waals surface area contributed by atoms with E-state index in [4.69, 9.17) is 4.99 Å². The Morgan fingerprint density at radius 3 is 1.94 bits per heavy atom. The predicted molar refractivity (Wildman–Crippen MR) is 129 cm³/mol. The Bertz CT molecular complexity index is 1270. The van der Waals surface area contributed by atoms with E-state index >= 15 is 0 Å². The summed E-state index contributed by atoms with van der Waals surface area (Å²) in [7, 11) is 0. The molecule has 0 aliphatic carbocycles. The maximum absolute atomic E-state index is 4.99. The van der Waals surface area contributed by atoms with Gasteiger partial charge < -0.3 is 0 Å². The summed E-state index contributed by atoms with van der Waals surface area (Å²) in [6.45, 7) is 0. The van der Waals surface area contributed by atoms with E-state index in [9.17, 15) is 0 Å². The van der Waals surface area contributed by atoms with Crippen molar-refractivity contribution in [2.75, 3.05) is 0 Å². The van der Waals surface area contributed by atoms with Crippen molar-refractivity contribution in [3.8, 4) is 0 Å². The third-order valence-electron chi connectivity index (χ3n) is 5.52. The number of hydrogen-bond donors (Lipinski definition) is 0. The van der Waals surface area contributed by atoms with Crippen molar-refractivity contribution in [3.63, 3.8) is 0 Å². The Hall–Kier alpha value is -4.04. The second kappa shape index (κ2) is 8.76. The molecular formula is C29H22N2. The standard InChI is InChI=1S/C29H22N2/c1-3-12-23(13-4-1)28(24-14-5-2-6-15-24)27-19-18-22-11-7-8-17-26(22)29(27)31-21-25-16-9-10-20-30-25/h1-21,28H. The van der Waals surface area contributed by atoms with Crippen molar-refractivity contribution >= 4 is 22.7 Å². The molecule has 2 nitrogen and oxygen atoms in total. The highest BCUT2D eigenvalue weighted by molar-refractivity contribution is 5.97. The van der Waals surface area contributed by atoms with E-state index in [1.165, 1.54) is 22.1 Å². The zero-order chi connectivity index (χ0) is 20.9. The minimum absolute atomic E-state index is 0.0860. The summed E-state index contributed by atoms with van der Waals surface area (Å²) in [4.78, 5) is 9.40. The van der Waals surface area contributed by atoms with Crippen molar-refractivity contribution in [2.24, 2.45) is 4.99 Å². The lowest BCUT2D eigenvalue weighted by atomic mass is 9.83. The van der Waals surface area contributed by atoms with E-state index in [1.807, 2.05) is 24.4 Å². The van der Waals surface area contributed by atoms with Crippen LogP contribution in [-0.2, 0) is 0 Å². The number of rotatable bonds is 5. The average Bonchev–Trinajstić information content (AvgIpc) is 2.85. The molecule has 2 heteroatoms. The molecule has 0 amide bonds. The van der Waals surface area contributed by atoms with Crippen LogP contribution in [0.5, 0.6) is 0 Å². The van der Waals surface area contributed by atoms with Gasteiger partial charge in [-0.15, -0.1) is 0 Å². The van der Waals surface area contributed by atoms with Crippen molar-refractivity contribution in [2.45, 2.75) is 5.92 Å². The number of hydrogen-bond acceptors (Lipinski definition) is 2. The van der Waals surface area contributed by atoms with E-state index in [1.54, 1.807) is 6.20 Å². The van der Waals surface area contributed by atoms with Gasteiger partial charge in [-0.25, -0.2) is 0 Å². The van der Waals surface area contributed by atoms with Crippen LogP contribution in [0.4, 0.5) is 5.69 Å². The Balaban J connectivity index is 1.75. The number of fused-ring (bicyclic) bond motifs is 1. The van der Waals surface area contributed by atoms with Crippen molar-refractivity contribution in [3.05, 3.63) is 144 Å². The van der Waals surface area contributed by atoms with E-state index < -0.39 is 0 Å². The summed E-state index contributed by atoms with van der Waals surface area (Å²) in [6, 6.07) is 40.0. The lowest BCUT2D eigenvalue weighted by Gasteiger charge is -2.21. The molecule has 0 unspecified atom stereocenters. The second-order valence-corrected chi connectivity index (χ2v) is 7.49. The highest BCUT2D eigenvalue weighted by atomic mass is 14.8. The van der Waals surface area contributed by atoms with Crippen LogP contribution in [-0.4, -0.2) is 11.2 Å². The van der Waals surface area contributed by atoms with Gasteiger partial charge in [-0.1, -0.05) is 103 Å². The van der Waals surface area contributed by atoms with Gasteiger partial charge in [0.15, 0.2) is 0 Å². The molecule has 0 saturated heterocycles. The average molecular weight is 399 g/mol. The smallest absolute Gasteiger partial charge is 0.0812 e. The topological polar surface area (TPSA) is 25.2 Å². The summed E-state index contributed by atoms with van der Waals surface area (Å²) in [5.41, 5.74) is 5.51. The molecule has 0 aliphatic rings. The summed E-state index contributed by atoms with van der Waals surface area (Å²) in [5, 5.41) is 2.32. The van der Waals surface area contributed by atoms with Gasteiger partial charge in [-0.2, -0.15) is 0 Å². The fraction of sp³-hybridized carbons (Fsp3) is 0.0345. The minimum Gasteiger partial charge on any atom is -0.255 e. The number of nitrogens with zero attached hydrogens (tertiary/aromatic N) is 2. The number of aliphatic imine (C=N–C) groups is 1. The number of benzene rings is 4. The van der Waals surface area contributed by atoms with Crippen LogP contribution in [0, 0.1) is 0 Å².